The second-order valence-corrected chi connectivity index (χ2v) is 7.01. The van der Waals surface area contributed by atoms with Gasteiger partial charge in [-0.3, -0.25) is 0 Å². The molecule has 0 aliphatic carbocycles. The van der Waals surface area contributed by atoms with Crippen molar-refractivity contribution in [3.8, 4) is 5.75 Å². The van der Waals surface area contributed by atoms with Crippen LogP contribution in [0.1, 0.15) is 10.9 Å². The lowest BCUT2D eigenvalue weighted by atomic mass is 10.1. The number of rotatable bonds is 4. The van der Waals surface area contributed by atoms with Gasteiger partial charge in [0.05, 0.1) is 18.2 Å². The molecule has 0 aromatic heterocycles. The molecule has 0 bridgehead atoms. The molecule has 1 atom stereocenters. The molecule has 6 heteroatoms. The number of hydrogen-bond acceptors (Lipinski definition) is 3. The molecule has 0 heterocycles. The van der Waals surface area contributed by atoms with E-state index in [0.29, 0.717) is 5.75 Å². The Morgan fingerprint density at radius 1 is 1.50 bits per heavy atom. The highest BCUT2D eigenvalue weighted by atomic mass is 79.9. The predicted molar refractivity (Wildman–Crippen MR) is 69.0 cm³/mol. The number of hydrogen-bond donors (Lipinski definition) is 0. The summed E-state index contributed by atoms with van der Waals surface area (Å²) in [5.41, 5.74) is 0.743. The van der Waals surface area contributed by atoms with Gasteiger partial charge in [-0.1, -0.05) is 22.0 Å². The Morgan fingerprint density at radius 3 is 2.56 bits per heavy atom. The molecule has 3 nitrogen and oxygen atoms in total. The van der Waals surface area contributed by atoms with E-state index in [1.807, 2.05) is 0 Å². The largest absolute Gasteiger partial charge is 0.497 e. The summed E-state index contributed by atoms with van der Waals surface area (Å²) in [7, 11) is -1.52. The summed E-state index contributed by atoms with van der Waals surface area (Å²) in [6.07, 6.45) is 1.17. The summed E-state index contributed by atoms with van der Waals surface area (Å²) in [6.45, 7) is 0. The van der Waals surface area contributed by atoms with E-state index in [0.717, 1.165) is 10.0 Å². The van der Waals surface area contributed by atoms with Crippen LogP contribution in [0, 0.1) is 0 Å². The molecule has 90 valence electrons. The topological polar surface area (TPSA) is 43.4 Å². The minimum absolute atomic E-state index is 0.0838. The van der Waals surface area contributed by atoms with Gasteiger partial charge >= 0.3 is 0 Å². The average Bonchev–Trinajstić information content (AvgIpc) is 2.14. The van der Waals surface area contributed by atoms with Crippen LogP contribution in [-0.4, -0.2) is 27.5 Å². The molecule has 0 radical (unpaired) electrons. The van der Waals surface area contributed by atoms with Crippen LogP contribution in [0.3, 0.4) is 0 Å². The van der Waals surface area contributed by atoms with Crippen molar-refractivity contribution in [1.29, 1.82) is 0 Å². The van der Waals surface area contributed by atoms with Crippen LogP contribution < -0.4 is 4.74 Å². The van der Waals surface area contributed by atoms with Crippen LogP contribution in [-0.2, 0) is 9.84 Å². The summed E-state index contributed by atoms with van der Waals surface area (Å²) in [6, 6.07) is 5.26. The first-order valence-electron chi connectivity index (χ1n) is 4.48. The molecule has 1 aromatic carbocycles. The van der Waals surface area contributed by atoms with Gasteiger partial charge in [-0.2, -0.15) is 0 Å². The Kier molecular flexibility index (Phi) is 4.64. The SMILES string of the molecule is COc1ccc(C(Cl)CS(C)(=O)=O)c(Br)c1. The zero-order chi connectivity index (χ0) is 12.3. The van der Waals surface area contributed by atoms with Crippen LogP contribution in [0.2, 0.25) is 0 Å². The van der Waals surface area contributed by atoms with E-state index in [2.05, 4.69) is 15.9 Å². The summed E-state index contributed by atoms with van der Waals surface area (Å²) in [4.78, 5) is 0. The minimum Gasteiger partial charge on any atom is -0.497 e. The predicted octanol–water partition coefficient (Wildman–Crippen LogP) is 2.78. The molecule has 0 spiro atoms. The molecule has 1 rings (SSSR count). The Bertz CT molecular complexity index is 473. The molecule has 0 amide bonds. The highest BCUT2D eigenvalue weighted by Crippen LogP contribution is 2.31. The maximum absolute atomic E-state index is 11.1. The number of methoxy groups -OCH3 is 1. The summed E-state index contributed by atoms with van der Waals surface area (Å²) in [5, 5.41) is -0.560. The molecule has 1 aromatic rings. The van der Waals surface area contributed by atoms with Crippen LogP contribution in [0.5, 0.6) is 5.75 Å². The quantitative estimate of drug-likeness (QED) is 0.799. The van der Waals surface area contributed by atoms with Crippen molar-refractivity contribution in [2.75, 3.05) is 19.1 Å². The molecule has 1 unspecified atom stereocenters. The Balaban J connectivity index is 2.96. The van der Waals surface area contributed by atoms with E-state index < -0.39 is 15.2 Å². The van der Waals surface area contributed by atoms with Gasteiger partial charge in [0, 0.05) is 10.7 Å². The summed E-state index contributed by atoms with van der Waals surface area (Å²) in [5.74, 6) is 0.610. The number of sulfone groups is 1. The second kappa shape index (κ2) is 5.38. The van der Waals surface area contributed by atoms with E-state index in [-0.39, 0.29) is 5.75 Å². The van der Waals surface area contributed by atoms with Crippen molar-refractivity contribution in [3.63, 3.8) is 0 Å². The van der Waals surface area contributed by atoms with Crippen molar-refractivity contribution in [1.82, 2.24) is 0 Å². The Morgan fingerprint density at radius 2 is 2.12 bits per heavy atom. The minimum atomic E-state index is -3.09. The molecule has 0 aliphatic rings. The van der Waals surface area contributed by atoms with Gasteiger partial charge in [-0.25, -0.2) is 8.42 Å². The molecule has 0 saturated heterocycles. The van der Waals surface area contributed by atoms with Gasteiger partial charge in [0.1, 0.15) is 15.6 Å². The van der Waals surface area contributed by atoms with E-state index in [4.69, 9.17) is 16.3 Å². The lowest BCUT2D eigenvalue weighted by Crippen LogP contribution is -2.09. The number of halogens is 2. The maximum Gasteiger partial charge on any atom is 0.149 e. The normalized spacial score (nSPS) is 13.5. The molecule has 0 aliphatic heterocycles. The molecule has 16 heavy (non-hydrogen) atoms. The number of ether oxygens (including phenoxy) is 1. The van der Waals surface area contributed by atoms with Gasteiger partial charge in [0.15, 0.2) is 0 Å². The van der Waals surface area contributed by atoms with Crippen molar-refractivity contribution < 1.29 is 13.2 Å². The van der Waals surface area contributed by atoms with Crippen LogP contribution in [0.15, 0.2) is 22.7 Å². The lowest BCUT2D eigenvalue weighted by molar-refractivity contribution is 0.414. The maximum atomic E-state index is 11.1. The fraction of sp³-hybridized carbons (Fsp3) is 0.400. The van der Waals surface area contributed by atoms with Crippen LogP contribution in [0.25, 0.3) is 0 Å². The molecular formula is C10H12BrClO3S. The standard InChI is InChI=1S/C10H12BrClO3S/c1-15-7-3-4-8(9(11)5-7)10(12)6-16(2,13)14/h3-5,10H,6H2,1-2H3. The van der Waals surface area contributed by atoms with Gasteiger partial charge in [-0.15, -0.1) is 11.6 Å². The van der Waals surface area contributed by atoms with Crippen molar-refractivity contribution in [3.05, 3.63) is 28.2 Å². The third-order valence-corrected chi connectivity index (χ3v) is 4.19. The molecule has 0 N–H and O–H groups in total. The number of benzene rings is 1. The van der Waals surface area contributed by atoms with Gasteiger partial charge in [0.25, 0.3) is 0 Å². The molecular weight excluding hydrogens is 316 g/mol. The highest BCUT2D eigenvalue weighted by molar-refractivity contribution is 9.10. The number of alkyl halides is 1. The fourth-order valence-electron chi connectivity index (χ4n) is 1.24. The van der Waals surface area contributed by atoms with Gasteiger partial charge in [-0.05, 0) is 17.7 Å². The zero-order valence-corrected chi connectivity index (χ0v) is 12.1. The highest BCUT2D eigenvalue weighted by Gasteiger charge is 2.17. The third-order valence-electron chi connectivity index (χ3n) is 1.99. The van der Waals surface area contributed by atoms with E-state index in [1.54, 1.807) is 25.3 Å². The fourth-order valence-corrected chi connectivity index (χ4v) is 3.60. The summed E-state index contributed by atoms with van der Waals surface area (Å²) < 4.78 is 28.0. The van der Waals surface area contributed by atoms with Crippen molar-refractivity contribution in [2.24, 2.45) is 0 Å². The first kappa shape index (κ1) is 13.8. The van der Waals surface area contributed by atoms with Gasteiger partial charge < -0.3 is 4.74 Å². The zero-order valence-electron chi connectivity index (χ0n) is 8.91. The van der Waals surface area contributed by atoms with Crippen LogP contribution >= 0.6 is 27.5 Å². The van der Waals surface area contributed by atoms with Crippen molar-refractivity contribution >= 4 is 37.4 Å². The van der Waals surface area contributed by atoms with Crippen LogP contribution in [0.4, 0.5) is 0 Å². The average molecular weight is 328 g/mol. The monoisotopic (exact) mass is 326 g/mol. The smallest absolute Gasteiger partial charge is 0.149 e. The van der Waals surface area contributed by atoms with E-state index in [1.165, 1.54) is 6.26 Å². The van der Waals surface area contributed by atoms with Crippen molar-refractivity contribution in [2.45, 2.75) is 5.38 Å². The first-order chi connectivity index (χ1) is 7.33. The van der Waals surface area contributed by atoms with Gasteiger partial charge in [0.2, 0.25) is 0 Å². The molecule has 0 fully saturated rings. The Labute approximate surface area is 109 Å². The van der Waals surface area contributed by atoms with E-state index >= 15 is 0 Å². The lowest BCUT2D eigenvalue weighted by Gasteiger charge is -2.11. The second-order valence-electron chi connectivity index (χ2n) is 3.45. The third kappa shape index (κ3) is 3.96. The van der Waals surface area contributed by atoms with E-state index in [9.17, 15) is 8.42 Å². The summed E-state index contributed by atoms with van der Waals surface area (Å²) >= 11 is 9.38. The molecule has 0 saturated carbocycles. The Hall–Kier alpha value is -0.260. The first-order valence-corrected chi connectivity index (χ1v) is 7.77.